The Balaban J connectivity index is 1.88. The van der Waals surface area contributed by atoms with Crippen LogP contribution in [0.25, 0.3) is 0 Å². The maximum atomic E-state index is 11.9. The highest BCUT2D eigenvalue weighted by molar-refractivity contribution is 9.10. The first-order valence-electron chi connectivity index (χ1n) is 7.13. The third-order valence-corrected chi connectivity index (χ3v) is 4.19. The predicted octanol–water partition coefficient (Wildman–Crippen LogP) is 3.14. The second-order valence-corrected chi connectivity index (χ2v) is 7.26. The zero-order valence-electron chi connectivity index (χ0n) is 12.9. The van der Waals surface area contributed by atoms with Crippen LogP contribution in [0.1, 0.15) is 32.9 Å². The molecule has 21 heavy (non-hydrogen) atoms. The zero-order chi connectivity index (χ0) is 15.6. The van der Waals surface area contributed by atoms with Crippen molar-refractivity contribution in [1.29, 1.82) is 0 Å². The fourth-order valence-corrected chi connectivity index (χ4v) is 2.24. The van der Waals surface area contributed by atoms with Gasteiger partial charge in [0.25, 0.3) is 0 Å². The van der Waals surface area contributed by atoms with Gasteiger partial charge < -0.3 is 10.2 Å². The number of hydrogen-bond acceptors (Lipinski definition) is 5. The van der Waals surface area contributed by atoms with Crippen molar-refractivity contribution >= 4 is 27.7 Å². The first kappa shape index (κ1) is 16.2. The molecule has 2 heterocycles. The molecule has 0 aliphatic carbocycles. The number of hydrogen-bond donors (Lipinski definition) is 1. The van der Waals surface area contributed by atoms with Crippen LogP contribution in [-0.2, 0) is 9.63 Å². The number of rotatable bonds is 3. The van der Waals surface area contributed by atoms with E-state index in [9.17, 15) is 4.79 Å². The number of pyridine rings is 1. The van der Waals surface area contributed by atoms with E-state index in [0.717, 1.165) is 29.0 Å². The molecule has 5 nitrogen and oxygen atoms in total. The highest BCUT2D eigenvalue weighted by atomic mass is 79.9. The first-order valence-corrected chi connectivity index (χ1v) is 7.92. The van der Waals surface area contributed by atoms with Gasteiger partial charge in [0.15, 0.2) is 0 Å². The summed E-state index contributed by atoms with van der Waals surface area (Å²) in [5.41, 5.74) is 0.476. The molecule has 1 atom stereocenters. The van der Waals surface area contributed by atoms with E-state index >= 15 is 0 Å². The number of hydroxylamine groups is 2. The standard InChI is InChI=1S/C15H22BrN3O2/c1-10-12(16)5-6-13(17-10)18-11-7-8-19(9-11)21-14(20)15(2,3)4/h5-6,11H,7-9H2,1-4H3,(H,17,18). The van der Waals surface area contributed by atoms with Crippen molar-refractivity contribution < 1.29 is 9.63 Å². The van der Waals surface area contributed by atoms with Crippen LogP contribution < -0.4 is 5.32 Å². The molecule has 0 amide bonds. The Kier molecular flexibility index (Phi) is 4.88. The van der Waals surface area contributed by atoms with Crippen LogP contribution in [0.15, 0.2) is 16.6 Å². The topological polar surface area (TPSA) is 54.5 Å². The molecule has 1 fully saturated rings. The Bertz CT molecular complexity index is 528. The molecule has 0 bridgehead atoms. The second-order valence-electron chi connectivity index (χ2n) is 6.41. The van der Waals surface area contributed by atoms with Crippen molar-refractivity contribution in [2.24, 2.45) is 5.41 Å². The zero-order valence-corrected chi connectivity index (χ0v) is 14.5. The van der Waals surface area contributed by atoms with E-state index in [-0.39, 0.29) is 12.0 Å². The average Bonchev–Trinajstić information content (AvgIpc) is 2.80. The number of aryl methyl sites for hydroxylation is 1. The monoisotopic (exact) mass is 355 g/mol. The molecule has 0 aromatic carbocycles. The van der Waals surface area contributed by atoms with Crippen LogP contribution >= 0.6 is 15.9 Å². The lowest BCUT2D eigenvalue weighted by molar-refractivity contribution is -0.195. The first-order chi connectivity index (χ1) is 9.75. The van der Waals surface area contributed by atoms with Gasteiger partial charge in [-0.3, -0.25) is 0 Å². The largest absolute Gasteiger partial charge is 0.367 e. The number of aromatic nitrogens is 1. The maximum Gasteiger partial charge on any atom is 0.330 e. The number of nitrogens with zero attached hydrogens (tertiary/aromatic N) is 2. The molecule has 1 unspecified atom stereocenters. The fourth-order valence-electron chi connectivity index (χ4n) is 2.02. The molecular weight excluding hydrogens is 334 g/mol. The quantitative estimate of drug-likeness (QED) is 0.902. The minimum atomic E-state index is -0.476. The average molecular weight is 356 g/mol. The number of carbonyl (C=O) groups is 1. The normalized spacial score (nSPS) is 19.6. The minimum Gasteiger partial charge on any atom is -0.367 e. The van der Waals surface area contributed by atoms with Crippen molar-refractivity contribution in [3.8, 4) is 0 Å². The van der Waals surface area contributed by atoms with Gasteiger partial charge in [-0.05, 0) is 62.2 Å². The molecule has 0 radical (unpaired) electrons. The molecule has 0 saturated carbocycles. The third kappa shape index (κ3) is 4.41. The van der Waals surface area contributed by atoms with Crippen LogP contribution in [0.2, 0.25) is 0 Å². The Morgan fingerprint density at radius 3 is 2.81 bits per heavy atom. The molecular formula is C15H22BrN3O2. The summed E-state index contributed by atoms with van der Waals surface area (Å²) in [6.45, 7) is 8.95. The van der Waals surface area contributed by atoms with E-state index < -0.39 is 5.41 Å². The van der Waals surface area contributed by atoms with Crippen molar-refractivity contribution in [2.75, 3.05) is 18.4 Å². The van der Waals surface area contributed by atoms with Gasteiger partial charge in [0.05, 0.1) is 17.7 Å². The molecule has 1 N–H and O–H groups in total. The van der Waals surface area contributed by atoms with Gasteiger partial charge in [0.2, 0.25) is 0 Å². The van der Waals surface area contributed by atoms with Crippen LogP contribution in [0.5, 0.6) is 0 Å². The lowest BCUT2D eigenvalue weighted by Gasteiger charge is -2.22. The van der Waals surface area contributed by atoms with E-state index in [1.54, 1.807) is 5.06 Å². The SMILES string of the molecule is Cc1nc(NC2CCN(OC(=O)C(C)(C)C)C2)ccc1Br. The summed E-state index contributed by atoms with van der Waals surface area (Å²) in [6, 6.07) is 4.17. The number of nitrogens with one attached hydrogen (secondary N) is 1. The van der Waals surface area contributed by atoms with Gasteiger partial charge in [-0.1, -0.05) is 0 Å². The highest BCUT2D eigenvalue weighted by Gasteiger charge is 2.30. The molecule has 1 saturated heterocycles. The Labute approximate surface area is 134 Å². The smallest absolute Gasteiger partial charge is 0.330 e. The molecule has 2 rings (SSSR count). The summed E-state index contributed by atoms with van der Waals surface area (Å²) in [7, 11) is 0. The number of anilines is 1. The molecule has 6 heteroatoms. The highest BCUT2D eigenvalue weighted by Crippen LogP contribution is 2.21. The molecule has 116 valence electrons. The van der Waals surface area contributed by atoms with Crippen molar-refractivity contribution in [1.82, 2.24) is 10.0 Å². The summed E-state index contributed by atoms with van der Waals surface area (Å²) in [5.74, 6) is 0.658. The molecule has 1 aliphatic rings. The Morgan fingerprint density at radius 2 is 2.19 bits per heavy atom. The lowest BCUT2D eigenvalue weighted by Crippen LogP contribution is -2.33. The Morgan fingerprint density at radius 1 is 1.48 bits per heavy atom. The van der Waals surface area contributed by atoms with Crippen LogP contribution in [0.3, 0.4) is 0 Å². The van der Waals surface area contributed by atoms with E-state index in [1.807, 2.05) is 39.8 Å². The van der Waals surface area contributed by atoms with E-state index in [4.69, 9.17) is 4.84 Å². The van der Waals surface area contributed by atoms with Crippen LogP contribution in [0.4, 0.5) is 5.82 Å². The fraction of sp³-hybridized carbons (Fsp3) is 0.600. The molecule has 1 aromatic heterocycles. The van der Waals surface area contributed by atoms with Gasteiger partial charge in [0, 0.05) is 17.1 Å². The molecule has 1 aromatic rings. The number of halogens is 1. The van der Waals surface area contributed by atoms with Gasteiger partial charge in [0.1, 0.15) is 5.82 Å². The van der Waals surface area contributed by atoms with Gasteiger partial charge in [-0.15, -0.1) is 5.06 Å². The third-order valence-electron chi connectivity index (χ3n) is 3.35. The van der Waals surface area contributed by atoms with Crippen molar-refractivity contribution in [3.63, 3.8) is 0 Å². The predicted molar refractivity (Wildman–Crippen MR) is 85.8 cm³/mol. The summed E-state index contributed by atoms with van der Waals surface area (Å²) < 4.78 is 1.00. The lowest BCUT2D eigenvalue weighted by atomic mass is 9.98. The summed E-state index contributed by atoms with van der Waals surface area (Å²) in [4.78, 5) is 21.8. The van der Waals surface area contributed by atoms with Gasteiger partial charge >= 0.3 is 5.97 Å². The van der Waals surface area contributed by atoms with E-state index in [2.05, 4.69) is 26.2 Å². The van der Waals surface area contributed by atoms with Crippen molar-refractivity contribution in [2.45, 2.75) is 40.2 Å². The van der Waals surface area contributed by atoms with Gasteiger partial charge in [-0.25, -0.2) is 9.78 Å². The molecule has 1 aliphatic heterocycles. The number of carbonyl (C=O) groups excluding carboxylic acids is 1. The van der Waals surface area contributed by atoms with E-state index in [0.29, 0.717) is 6.54 Å². The van der Waals surface area contributed by atoms with Crippen LogP contribution in [0, 0.1) is 12.3 Å². The Hall–Kier alpha value is -1.14. The minimum absolute atomic E-state index is 0.194. The van der Waals surface area contributed by atoms with E-state index in [1.165, 1.54) is 0 Å². The summed E-state index contributed by atoms with van der Waals surface area (Å²) >= 11 is 3.44. The second kappa shape index (κ2) is 6.32. The van der Waals surface area contributed by atoms with Gasteiger partial charge in [-0.2, -0.15) is 0 Å². The summed E-state index contributed by atoms with van der Waals surface area (Å²) in [6.07, 6.45) is 0.925. The van der Waals surface area contributed by atoms with Crippen LogP contribution in [-0.4, -0.2) is 35.1 Å². The van der Waals surface area contributed by atoms with Crippen molar-refractivity contribution in [3.05, 3.63) is 22.3 Å². The summed E-state index contributed by atoms with van der Waals surface area (Å²) in [5, 5.41) is 5.12. The molecule has 0 spiro atoms. The maximum absolute atomic E-state index is 11.9.